The highest BCUT2D eigenvalue weighted by Crippen LogP contribution is 2.74. The summed E-state index contributed by atoms with van der Waals surface area (Å²) >= 11 is 0. The van der Waals surface area contributed by atoms with E-state index < -0.39 is 0 Å². The Bertz CT molecular complexity index is 1140. The van der Waals surface area contributed by atoms with E-state index in [0.29, 0.717) is 11.8 Å². The maximum absolute atomic E-state index is 2.39. The fraction of sp³-hybridized carbons (Fsp3) is 0.154. The average Bonchev–Trinajstić information content (AvgIpc) is 3.01. The largest absolute Gasteiger partial charge is 0.0619 e. The van der Waals surface area contributed by atoms with E-state index in [-0.39, 0.29) is 5.41 Å². The highest BCUT2D eigenvalue weighted by Gasteiger charge is 2.63. The molecule has 122 valence electrons. The number of hydrogen-bond donors (Lipinski definition) is 0. The van der Waals surface area contributed by atoms with Crippen LogP contribution in [0.2, 0.25) is 0 Å². The van der Waals surface area contributed by atoms with Gasteiger partial charge in [-0.05, 0) is 62.4 Å². The van der Waals surface area contributed by atoms with Crippen molar-refractivity contribution < 1.29 is 0 Å². The monoisotopic (exact) mass is 330 g/mol. The first-order valence-corrected chi connectivity index (χ1v) is 9.61. The lowest BCUT2D eigenvalue weighted by atomic mass is 9.42. The Kier molecular flexibility index (Phi) is 2.19. The first-order valence-electron chi connectivity index (χ1n) is 9.61. The second kappa shape index (κ2) is 4.27. The molecule has 2 bridgehead atoms. The summed E-state index contributed by atoms with van der Waals surface area (Å²) in [5, 5.41) is 2.94. The normalized spacial score (nSPS) is 22.8. The van der Waals surface area contributed by atoms with Crippen LogP contribution in [0.1, 0.15) is 40.5 Å². The van der Waals surface area contributed by atoms with Crippen LogP contribution in [0.25, 0.3) is 21.9 Å². The van der Waals surface area contributed by atoms with Crippen molar-refractivity contribution in [3.05, 3.63) is 107 Å². The molecule has 3 aliphatic carbocycles. The number of rotatable bonds is 0. The molecule has 0 heterocycles. The third-order valence-corrected chi connectivity index (χ3v) is 7.33. The maximum Gasteiger partial charge on any atom is 0.0352 e. The van der Waals surface area contributed by atoms with Gasteiger partial charge in [0.15, 0.2) is 0 Å². The van der Waals surface area contributed by atoms with Gasteiger partial charge in [-0.15, -0.1) is 0 Å². The number of benzene rings is 4. The van der Waals surface area contributed by atoms with Gasteiger partial charge in [-0.3, -0.25) is 0 Å². The molecular formula is C26H18. The van der Waals surface area contributed by atoms with E-state index in [4.69, 9.17) is 0 Å². The first kappa shape index (κ1) is 13.4. The maximum atomic E-state index is 2.39. The van der Waals surface area contributed by atoms with Crippen molar-refractivity contribution >= 4 is 10.8 Å². The highest BCUT2D eigenvalue weighted by atomic mass is 14.7. The zero-order valence-electron chi connectivity index (χ0n) is 14.4. The second-order valence-electron chi connectivity index (χ2n) is 8.09. The van der Waals surface area contributed by atoms with E-state index in [1.165, 1.54) is 28.3 Å². The van der Waals surface area contributed by atoms with Gasteiger partial charge in [0.1, 0.15) is 0 Å². The van der Waals surface area contributed by atoms with Crippen molar-refractivity contribution in [3.63, 3.8) is 0 Å². The van der Waals surface area contributed by atoms with Gasteiger partial charge in [0.25, 0.3) is 0 Å². The lowest BCUT2D eigenvalue weighted by molar-refractivity contribution is 0.188. The third kappa shape index (κ3) is 1.24. The molecule has 26 heavy (non-hydrogen) atoms. The predicted molar refractivity (Wildman–Crippen MR) is 107 cm³/mol. The molecule has 3 aliphatic rings. The second-order valence-corrected chi connectivity index (χ2v) is 8.09. The molecule has 1 spiro atoms. The van der Waals surface area contributed by atoms with Gasteiger partial charge in [-0.2, -0.15) is 0 Å². The zero-order chi connectivity index (χ0) is 16.9. The fourth-order valence-corrected chi connectivity index (χ4v) is 6.47. The van der Waals surface area contributed by atoms with Crippen molar-refractivity contribution in [1.29, 1.82) is 0 Å². The summed E-state index contributed by atoms with van der Waals surface area (Å²) in [5.74, 6) is 1.19. The van der Waals surface area contributed by atoms with Crippen molar-refractivity contribution in [2.45, 2.75) is 23.7 Å². The number of hydrogen-bond acceptors (Lipinski definition) is 0. The Labute approximate surface area is 153 Å². The summed E-state index contributed by atoms with van der Waals surface area (Å²) in [6, 6.07) is 32.1. The van der Waals surface area contributed by atoms with Gasteiger partial charge in [-0.1, -0.05) is 84.9 Å². The minimum Gasteiger partial charge on any atom is -0.0619 e. The minimum atomic E-state index is 0.135. The lowest BCUT2D eigenvalue weighted by Gasteiger charge is -2.59. The van der Waals surface area contributed by atoms with Crippen LogP contribution in [0, 0.1) is 0 Å². The van der Waals surface area contributed by atoms with Crippen LogP contribution in [-0.4, -0.2) is 0 Å². The van der Waals surface area contributed by atoms with Gasteiger partial charge in [0.2, 0.25) is 0 Å². The van der Waals surface area contributed by atoms with Gasteiger partial charge in [0, 0.05) is 5.41 Å². The molecule has 0 unspecified atom stereocenters. The molecular weight excluding hydrogens is 312 g/mol. The van der Waals surface area contributed by atoms with Crippen LogP contribution in [0.3, 0.4) is 0 Å². The highest BCUT2D eigenvalue weighted by molar-refractivity contribution is 5.95. The molecule has 7 rings (SSSR count). The lowest BCUT2D eigenvalue weighted by Crippen LogP contribution is -2.51. The molecule has 0 radical (unpaired) electrons. The first-order chi connectivity index (χ1) is 12.9. The summed E-state index contributed by atoms with van der Waals surface area (Å²) in [7, 11) is 0. The smallest absolute Gasteiger partial charge is 0.0352 e. The van der Waals surface area contributed by atoms with Crippen LogP contribution in [0.5, 0.6) is 0 Å². The van der Waals surface area contributed by atoms with Crippen molar-refractivity contribution in [2.75, 3.05) is 0 Å². The standard InChI is InChI=1S/C26H18/c1-3-13-21-17(9-1)18-10-2-4-14-22(18)26(21)23-15-24(26)20-12-6-8-16-7-5-11-19(23)25(16)20/h1-14,23-24H,15H2/t23-,24-/m1/s1. The van der Waals surface area contributed by atoms with Crippen molar-refractivity contribution in [1.82, 2.24) is 0 Å². The molecule has 0 nitrogen and oxygen atoms in total. The molecule has 0 aliphatic heterocycles. The van der Waals surface area contributed by atoms with E-state index in [0.717, 1.165) is 0 Å². The predicted octanol–water partition coefficient (Wildman–Crippen LogP) is 6.39. The SMILES string of the molecule is c1ccc2c(c1)-c1ccccc1C21[C@@H]2C[C@@H]1c1cccc3cccc2c13. The quantitative estimate of drug-likeness (QED) is 0.350. The van der Waals surface area contributed by atoms with Crippen LogP contribution >= 0.6 is 0 Å². The topological polar surface area (TPSA) is 0 Å². The summed E-state index contributed by atoms with van der Waals surface area (Å²) in [6.07, 6.45) is 1.28. The Morgan fingerprint density at radius 2 is 1.12 bits per heavy atom. The van der Waals surface area contributed by atoms with Crippen LogP contribution in [-0.2, 0) is 5.41 Å². The van der Waals surface area contributed by atoms with Gasteiger partial charge < -0.3 is 0 Å². The Hall–Kier alpha value is -2.86. The van der Waals surface area contributed by atoms with E-state index in [9.17, 15) is 0 Å². The third-order valence-electron chi connectivity index (χ3n) is 7.33. The molecule has 0 heteroatoms. The van der Waals surface area contributed by atoms with E-state index in [2.05, 4.69) is 84.9 Å². The number of fused-ring (bicyclic) bond motifs is 5. The van der Waals surface area contributed by atoms with Crippen molar-refractivity contribution in [2.24, 2.45) is 0 Å². The summed E-state index contributed by atoms with van der Waals surface area (Å²) in [5.41, 5.74) is 9.26. The summed E-state index contributed by atoms with van der Waals surface area (Å²) in [4.78, 5) is 0. The van der Waals surface area contributed by atoms with Gasteiger partial charge in [0.05, 0.1) is 0 Å². The Morgan fingerprint density at radius 3 is 1.69 bits per heavy atom. The molecule has 1 fully saturated rings. The van der Waals surface area contributed by atoms with Crippen LogP contribution in [0.4, 0.5) is 0 Å². The molecule has 0 aromatic heterocycles. The summed E-state index contributed by atoms with van der Waals surface area (Å²) < 4.78 is 0. The zero-order valence-corrected chi connectivity index (χ0v) is 14.4. The summed E-state index contributed by atoms with van der Waals surface area (Å²) in [6.45, 7) is 0. The van der Waals surface area contributed by atoms with E-state index in [1.807, 2.05) is 0 Å². The minimum absolute atomic E-state index is 0.135. The van der Waals surface area contributed by atoms with Crippen LogP contribution in [0.15, 0.2) is 84.9 Å². The average molecular weight is 330 g/mol. The fourth-order valence-electron chi connectivity index (χ4n) is 6.47. The Balaban J connectivity index is 1.64. The molecule has 4 aromatic rings. The molecule has 4 aromatic carbocycles. The Morgan fingerprint density at radius 1 is 0.577 bits per heavy atom. The molecule has 0 amide bonds. The van der Waals surface area contributed by atoms with E-state index in [1.54, 1.807) is 22.3 Å². The molecule has 2 atom stereocenters. The van der Waals surface area contributed by atoms with Gasteiger partial charge >= 0.3 is 0 Å². The molecule has 0 N–H and O–H groups in total. The van der Waals surface area contributed by atoms with Crippen molar-refractivity contribution in [3.8, 4) is 11.1 Å². The molecule has 1 saturated carbocycles. The van der Waals surface area contributed by atoms with Gasteiger partial charge in [-0.25, -0.2) is 0 Å². The van der Waals surface area contributed by atoms with E-state index >= 15 is 0 Å². The van der Waals surface area contributed by atoms with Crippen LogP contribution < -0.4 is 0 Å². The molecule has 0 saturated heterocycles.